The van der Waals surface area contributed by atoms with Crippen LogP contribution in [-0.4, -0.2) is 67.5 Å². The average Bonchev–Trinajstić information content (AvgIpc) is 2.97. The number of ether oxygens (including phenoxy) is 3. The number of carbonyl (C=O) groups excluding carboxylic acids is 1. The van der Waals surface area contributed by atoms with Crippen LogP contribution < -0.4 is 4.74 Å². The third-order valence-corrected chi connectivity index (χ3v) is 3.91. The molecule has 0 aliphatic carbocycles. The number of carboxylic acids is 1. The molecule has 0 saturated carbocycles. The quantitative estimate of drug-likeness (QED) is 0.681. The van der Waals surface area contributed by atoms with Gasteiger partial charge in [0.15, 0.2) is 0 Å². The average molecular weight is 337 g/mol. The van der Waals surface area contributed by atoms with Crippen molar-refractivity contribution in [3.8, 4) is 5.75 Å². The number of carbonyl (C=O) groups is 2. The summed E-state index contributed by atoms with van der Waals surface area (Å²) >= 11 is 0. The Hall–Kier alpha value is -2.12. The van der Waals surface area contributed by atoms with Gasteiger partial charge in [0.05, 0.1) is 19.1 Å². The second kappa shape index (κ2) is 9.24. The van der Waals surface area contributed by atoms with Crippen molar-refractivity contribution in [1.82, 2.24) is 4.90 Å². The Balaban J connectivity index is 1.71. The Morgan fingerprint density at radius 3 is 2.67 bits per heavy atom. The van der Waals surface area contributed by atoms with Gasteiger partial charge in [-0.05, 0) is 18.6 Å². The number of methoxy groups -OCH3 is 1. The molecule has 1 amide bonds. The van der Waals surface area contributed by atoms with Crippen LogP contribution >= 0.6 is 0 Å². The van der Waals surface area contributed by atoms with Gasteiger partial charge in [0, 0.05) is 19.7 Å². The number of hydrogen-bond acceptors (Lipinski definition) is 5. The zero-order valence-electron chi connectivity index (χ0n) is 13.7. The standard InChI is InChI=1S/C17H23NO6/c1-22-15-9-13(10-17(20)21)18(11-15)16(19)12-23-7-8-24-14-5-3-2-4-6-14/h2-6,13,15H,7-12H2,1H3,(H,20,21). The molecular formula is C17H23NO6. The number of para-hydroxylation sites is 1. The van der Waals surface area contributed by atoms with Crippen molar-refractivity contribution in [2.45, 2.75) is 25.0 Å². The Labute approximate surface area is 141 Å². The molecule has 1 heterocycles. The topological polar surface area (TPSA) is 85.3 Å². The molecule has 0 radical (unpaired) electrons. The molecule has 1 saturated heterocycles. The van der Waals surface area contributed by atoms with Crippen molar-refractivity contribution in [3.63, 3.8) is 0 Å². The second-order valence-electron chi connectivity index (χ2n) is 5.61. The van der Waals surface area contributed by atoms with Gasteiger partial charge >= 0.3 is 5.97 Å². The van der Waals surface area contributed by atoms with E-state index >= 15 is 0 Å². The van der Waals surface area contributed by atoms with Gasteiger partial charge in [-0.2, -0.15) is 0 Å². The van der Waals surface area contributed by atoms with Crippen LogP contribution in [0.1, 0.15) is 12.8 Å². The molecule has 0 spiro atoms. The smallest absolute Gasteiger partial charge is 0.305 e. The van der Waals surface area contributed by atoms with Gasteiger partial charge < -0.3 is 24.2 Å². The molecule has 0 bridgehead atoms. The van der Waals surface area contributed by atoms with Crippen molar-refractivity contribution in [2.24, 2.45) is 0 Å². The van der Waals surface area contributed by atoms with E-state index in [1.165, 1.54) is 0 Å². The van der Waals surface area contributed by atoms with Gasteiger partial charge in [-0.15, -0.1) is 0 Å². The minimum Gasteiger partial charge on any atom is -0.491 e. The number of nitrogens with zero attached hydrogens (tertiary/aromatic N) is 1. The van der Waals surface area contributed by atoms with Crippen LogP contribution in [0, 0.1) is 0 Å². The van der Waals surface area contributed by atoms with Crippen LogP contribution in [0.15, 0.2) is 30.3 Å². The Morgan fingerprint density at radius 1 is 1.25 bits per heavy atom. The molecular weight excluding hydrogens is 314 g/mol. The van der Waals surface area contributed by atoms with E-state index < -0.39 is 5.97 Å². The van der Waals surface area contributed by atoms with Gasteiger partial charge in [0.25, 0.3) is 0 Å². The van der Waals surface area contributed by atoms with E-state index in [-0.39, 0.29) is 37.7 Å². The van der Waals surface area contributed by atoms with Gasteiger partial charge in [0.1, 0.15) is 19.0 Å². The van der Waals surface area contributed by atoms with E-state index in [2.05, 4.69) is 0 Å². The van der Waals surface area contributed by atoms with E-state index in [0.717, 1.165) is 5.75 Å². The maximum absolute atomic E-state index is 12.2. The highest BCUT2D eigenvalue weighted by Gasteiger charge is 2.36. The summed E-state index contributed by atoms with van der Waals surface area (Å²) < 4.78 is 16.1. The van der Waals surface area contributed by atoms with Crippen molar-refractivity contribution in [2.75, 3.05) is 33.5 Å². The first-order valence-electron chi connectivity index (χ1n) is 7.89. The predicted octanol–water partition coefficient (Wildman–Crippen LogP) is 1.17. The largest absolute Gasteiger partial charge is 0.491 e. The van der Waals surface area contributed by atoms with Gasteiger partial charge in [-0.3, -0.25) is 9.59 Å². The third-order valence-electron chi connectivity index (χ3n) is 3.91. The molecule has 1 N–H and O–H groups in total. The van der Waals surface area contributed by atoms with Crippen molar-refractivity contribution in [3.05, 3.63) is 30.3 Å². The molecule has 7 heteroatoms. The fourth-order valence-electron chi connectivity index (χ4n) is 2.72. The molecule has 1 aliphatic rings. The van der Waals surface area contributed by atoms with Crippen LogP contribution in [-0.2, 0) is 19.1 Å². The number of likely N-dealkylation sites (tertiary alicyclic amines) is 1. The first kappa shape index (κ1) is 18.2. The van der Waals surface area contributed by atoms with E-state index in [9.17, 15) is 9.59 Å². The first-order chi connectivity index (χ1) is 11.6. The third kappa shape index (κ3) is 5.50. The SMILES string of the molecule is COC1CC(CC(=O)O)N(C(=O)COCCOc2ccccc2)C1. The van der Waals surface area contributed by atoms with Crippen LogP contribution in [0.2, 0.25) is 0 Å². The minimum absolute atomic E-state index is 0.0806. The molecule has 1 aromatic carbocycles. The number of benzene rings is 1. The molecule has 2 atom stereocenters. The van der Waals surface area contributed by atoms with Crippen LogP contribution in [0.3, 0.4) is 0 Å². The van der Waals surface area contributed by atoms with E-state index in [0.29, 0.717) is 19.6 Å². The van der Waals surface area contributed by atoms with E-state index in [4.69, 9.17) is 19.3 Å². The lowest BCUT2D eigenvalue weighted by atomic mass is 10.1. The Morgan fingerprint density at radius 2 is 2.00 bits per heavy atom. The van der Waals surface area contributed by atoms with Crippen molar-refractivity contribution >= 4 is 11.9 Å². The Kier molecular flexibility index (Phi) is 7.02. The summed E-state index contributed by atoms with van der Waals surface area (Å²) in [5.41, 5.74) is 0. The number of amides is 1. The predicted molar refractivity (Wildman–Crippen MR) is 85.9 cm³/mol. The first-order valence-corrected chi connectivity index (χ1v) is 7.89. The lowest BCUT2D eigenvalue weighted by Gasteiger charge is -2.23. The number of carboxylic acid groups (broad SMARTS) is 1. The summed E-state index contributed by atoms with van der Waals surface area (Å²) in [5, 5.41) is 8.96. The summed E-state index contributed by atoms with van der Waals surface area (Å²) in [6.07, 6.45) is 0.327. The van der Waals surface area contributed by atoms with Crippen LogP contribution in [0.4, 0.5) is 0 Å². The normalized spacial score (nSPS) is 20.1. The molecule has 1 fully saturated rings. The van der Waals surface area contributed by atoms with E-state index in [1.807, 2.05) is 30.3 Å². The number of rotatable bonds is 9. The zero-order valence-corrected chi connectivity index (χ0v) is 13.7. The summed E-state index contributed by atoms with van der Waals surface area (Å²) in [6.45, 7) is 0.935. The minimum atomic E-state index is -0.924. The monoisotopic (exact) mass is 337 g/mol. The maximum atomic E-state index is 12.2. The molecule has 1 aromatic rings. The molecule has 0 aromatic heterocycles. The van der Waals surface area contributed by atoms with Crippen molar-refractivity contribution in [1.29, 1.82) is 0 Å². The summed E-state index contributed by atoms with van der Waals surface area (Å²) in [4.78, 5) is 24.7. The van der Waals surface area contributed by atoms with Crippen molar-refractivity contribution < 1.29 is 28.9 Å². The second-order valence-corrected chi connectivity index (χ2v) is 5.61. The molecule has 2 unspecified atom stereocenters. The highest BCUT2D eigenvalue weighted by molar-refractivity contribution is 5.79. The van der Waals surface area contributed by atoms with Gasteiger partial charge in [-0.1, -0.05) is 18.2 Å². The zero-order chi connectivity index (χ0) is 17.4. The lowest BCUT2D eigenvalue weighted by molar-refractivity contribution is -0.141. The Bertz CT molecular complexity index is 535. The molecule has 132 valence electrons. The molecule has 7 nitrogen and oxygen atoms in total. The highest BCUT2D eigenvalue weighted by atomic mass is 16.5. The highest BCUT2D eigenvalue weighted by Crippen LogP contribution is 2.22. The van der Waals surface area contributed by atoms with E-state index in [1.54, 1.807) is 12.0 Å². The number of hydrogen-bond donors (Lipinski definition) is 1. The van der Waals surface area contributed by atoms with Gasteiger partial charge in [-0.25, -0.2) is 0 Å². The maximum Gasteiger partial charge on any atom is 0.305 e. The van der Waals surface area contributed by atoms with Crippen LogP contribution in [0.25, 0.3) is 0 Å². The summed E-state index contributed by atoms with van der Waals surface area (Å²) in [5.74, 6) is -0.399. The molecule has 1 aliphatic heterocycles. The molecule has 2 rings (SSSR count). The van der Waals surface area contributed by atoms with Crippen LogP contribution in [0.5, 0.6) is 5.75 Å². The summed E-state index contributed by atoms with van der Waals surface area (Å²) in [6, 6.07) is 9.00. The van der Waals surface area contributed by atoms with Gasteiger partial charge in [0.2, 0.25) is 5.91 Å². The molecule has 24 heavy (non-hydrogen) atoms. The lowest BCUT2D eigenvalue weighted by Crippen LogP contribution is -2.39. The summed E-state index contributed by atoms with van der Waals surface area (Å²) in [7, 11) is 1.56. The number of aliphatic carboxylic acids is 1. The fraction of sp³-hybridized carbons (Fsp3) is 0.529. The fourth-order valence-corrected chi connectivity index (χ4v) is 2.72.